The first-order valence-electron chi connectivity index (χ1n) is 5.69. The van der Waals surface area contributed by atoms with Crippen molar-refractivity contribution in [3.8, 4) is 0 Å². The van der Waals surface area contributed by atoms with Gasteiger partial charge in [-0.05, 0) is 11.5 Å². The van der Waals surface area contributed by atoms with Gasteiger partial charge >= 0.3 is 5.97 Å². The van der Waals surface area contributed by atoms with Crippen molar-refractivity contribution >= 4 is 5.97 Å². The second-order valence-electron chi connectivity index (χ2n) is 4.24. The lowest BCUT2D eigenvalue weighted by Gasteiger charge is -2.17. The van der Waals surface area contributed by atoms with Crippen LogP contribution in [0.25, 0.3) is 0 Å². The Bertz CT molecular complexity index is 338. The van der Waals surface area contributed by atoms with Crippen LogP contribution < -0.4 is 5.32 Å². The molecule has 0 aromatic heterocycles. The molecule has 0 heterocycles. The van der Waals surface area contributed by atoms with Crippen molar-refractivity contribution in [2.75, 3.05) is 6.73 Å². The third-order valence-corrected chi connectivity index (χ3v) is 2.45. The lowest BCUT2D eigenvalue weighted by molar-refractivity contribution is -0.141. The van der Waals surface area contributed by atoms with Gasteiger partial charge in [0.25, 0.3) is 0 Å². The third kappa shape index (κ3) is 4.97. The highest BCUT2D eigenvalue weighted by Crippen LogP contribution is 2.03. The number of benzene rings is 1. The fraction of sp³-hybridized carbons (Fsp3) is 0.462. The minimum absolute atomic E-state index is 0.0350. The zero-order valence-electron chi connectivity index (χ0n) is 10.2. The molecule has 0 fully saturated rings. The Morgan fingerprint density at radius 2 is 2.00 bits per heavy atom. The van der Waals surface area contributed by atoms with Crippen LogP contribution in [-0.4, -0.2) is 23.8 Å². The molecule has 4 nitrogen and oxygen atoms in total. The Morgan fingerprint density at radius 3 is 2.53 bits per heavy atom. The topological polar surface area (TPSA) is 58.6 Å². The van der Waals surface area contributed by atoms with Gasteiger partial charge in [0, 0.05) is 0 Å². The van der Waals surface area contributed by atoms with Crippen LogP contribution in [0.1, 0.15) is 19.4 Å². The lowest BCUT2D eigenvalue weighted by Crippen LogP contribution is -2.41. The van der Waals surface area contributed by atoms with Crippen molar-refractivity contribution in [2.24, 2.45) is 5.92 Å². The second kappa shape index (κ2) is 7.04. The Morgan fingerprint density at radius 1 is 1.35 bits per heavy atom. The first-order chi connectivity index (χ1) is 8.11. The summed E-state index contributed by atoms with van der Waals surface area (Å²) in [5.41, 5.74) is 1.07. The van der Waals surface area contributed by atoms with Crippen molar-refractivity contribution < 1.29 is 14.6 Å². The van der Waals surface area contributed by atoms with Crippen LogP contribution in [0.3, 0.4) is 0 Å². The van der Waals surface area contributed by atoms with Crippen molar-refractivity contribution in [3.05, 3.63) is 35.9 Å². The van der Waals surface area contributed by atoms with Crippen LogP contribution in [0.15, 0.2) is 30.3 Å². The molecule has 0 spiro atoms. The number of nitrogens with one attached hydrogen (secondary N) is 1. The van der Waals surface area contributed by atoms with Gasteiger partial charge in [0.15, 0.2) is 0 Å². The minimum Gasteiger partial charge on any atom is -0.480 e. The molecule has 0 bridgehead atoms. The maximum absolute atomic E-state index is 10.9. The largest absolute Gasteiger partial charge is 0.480 e. The van der Waals surface area contributed by atoms with E-state index in [-0.39, 0.29) is 12.6 Å². The normalized spacial score (nSPS) is 12.6. The predicted octanol–water partition coefficient (Wildman–Crippen LogP) is 1.86. The summed E-state index contributed by atoms with van der Waals surface area (Å²) in [7, 11) is 0. The summed E-state index contributed by atoms with van der Waals surface area (Å²) in [5.74, 6) is -0.809. The molecule has 0 saturated carbocycles. The van der Waals surface area contributed by atoms with Gasteiger partial charge in [-0.3, -0.25) is 10.1 Å². The predicted molar refractivity (Wildman–Crippen MR) is 65.5 cm³/mol. The van der Waals surface area contributed by atoms with Gasteiger partial charge in [-0.15, -0.1) is 0 Å². The molecule has 0 saturated heterocycles. The molecule has 1 aromatic rings. The second-order valence-corrected chi connectivity index (χ2v) is 4.24. The number of ether oxygens (including phenoxy) is 1. The minimum atomic E-state index is -0.844. The van der Waals surface area contributed by atoms with E-state index >= 15 is 0 Å². The van der Waals surface area contributed by atoms with Crippen molar-refractivity contribution in [2.45, 2.75) is 26.5 Å². The number of carboxylic acid groups (broad SMARTS) is 1. The van der Waals surface area contributed by atoms with Gasteiger partial charge in [0.2, 0.25) is 0 Å². The van der Waals surface area contributed by atoms with Crippen LogP contribution in [0, 0.1) is 5.92 Å². The lowest BCUT2D eigenvalue weighted by atomic mass is 10.1. The van der Waals surface area contributed by atoms with E-state index < -0.39 is 12.0 Å². The van der Waals surface area contributed by atoms with Gasteiger partial charge in [0.1, 0.15) is 6.04 Å². The van der Waals surface area contributed by atoms with Gasteiger partial charge in [-0.25, -0.2) is 0 Å². The van der Waals surface area contributed by atoms with Crippen molar-refractivity contribution in [1.29, 1.82) is 0 Å². The van der Waals surface area contributed by atoms with Crippen LogP contribution >= 0.6 is 0 Å². The Hall–Kier alpha value is -1.39. The summed E-state index contributed by atoms with van der Waals surface area (Å²) in [4.78, 5) is 10.9. The van der Waals surface area contributed by atoms with Crippen LogP contribution in [-0.2, 0) is 16.1 Å². The molecule has 0 aliphatic heterocycles. The first kappa shape index (κ1) is 13.7. The first-order valence-corrected chi connectivity index (χ1v) is 5.69. The Kier molecular flexibility index (Phi) is 5.66. The zero-order chi connectivity index (χ0) is 12.7. The molecule has 4 heteroatoms. The number of carboxylic acids is 1. The third-order valence-electron chi connectivity index (χ3n) is 2.45. The fourth-order valence-corrected chi connectivity index (χ4v) is 1.50. The highest BCUT2D eigenvalue weighted by molar-refractivity contribution is 5.73. The van der Waals surface area contributed by atoms with Gasteiger partial charge in [-0.2, -0.15) is 0 Å². The fourth-order valence-electron chi connectivity index (χ4n) is 1.50. The SMILES string of the molecule is CC(C)C(NCOCc1ccccc1)C(=O)O. The molecule has 0 aliphatic rings. The average molecular weight is 237 g/mol. The molecule has 1 atom stereocenters. The van der Waals surface area contributed by atoms with Crippen molar-refractivity contribution in [1.82, 2.24) is 5.32 Å². The molecule has 94 valence electrons. The molecule has 0 aliphatic carbocycles. The number of hydrogen-bond acceptors (Lipinski definition) is 3. The molecule has 0 amide bonds. The highest BCUT2D eigenvalue weighted by Gasteiger charge is 2.20. The van der Waals surface area contributed by atoms with E-state index in [1.54, 1.807) is 0 Å². The molecular weight excluding hydrogens is 218 g/mol. The zero-order valence-corrected chi connectivity index (χ0v) is 10.2. The summed E-state index contributed by atoms with van der Waals surface area (Å²) in [6.07, 6.45) is 0. The van der Waals surface area contributed by atoms with E-state index in [0.717, 1.165) is 5.56 Å². The number of carbonyl (C=O) groups is 1. The molecule has 1 aromatic carbocycles. The van der Waals surface area contributed by atoms with E-state index in [2.05, 4.69) is 5.32 Å². The average Bonchev–Trinajstić information content (AvgIpc) is 2.29. The molecule has 0 radical (unpaired) electrons. The standard InChI is InChI=1S/C13H19NO3/c1-10(2)12(13(15)16)14-9-17-8-11-6-4-3-5-7-11/h3-7,10,12,14H,8-9H2,1-2H3,(H,15,16). The van der Waals surface area contributed by atoms with E-state index in [4.69, 9.17) is 9.84 Å². The summed E-state index contributed by atoms with van der Waals surface area (Å²) in [6.45, 7) is 4.45. The smallest absolute Gasteiger partial charge is 0.321 e. The van der Waals surface area contributed by atoms with E-state index in [0.29, 0.717) is 6.61 Å². The maximum atomic E-state index is 10.9. The number of aliphatic carboxylic acids is 1. The monoisotopic (exact) mass is 237 g/mol. The van der Waals surface area contributed by atoms with Crippen LogP contribution in [0.2, 0.25) is 0 Å². The van der Waals surface area contributed by atoms with E-state index in [9.17, 15) is 4.79 Å². The summed E-state index contributed by atoms with van der Waals surface area (Å²) < 4.78 is 5.38. The summed E-state index contributed by atoms with van der Waals surface area (Å²) in [5, 5.41) is 11.8. The summed E-state index contributed by atoms with van der Waals surface area (Å²) in [6, 6.07) is 9.21. The quantitative estimate of drug-likeness (QED) is 0.561. The Labute approximate surface area is 102 Å². The molecule has 1 rings (SSSR count). The van der Waals surface area contributed by atoms with Gasteiger partial charge < -0.3 is 9.84 Å². The van der Waals surface area contributed by atoms with Gasteiger partial charge in [0.05, 0.1) is 13.3 Å². The number of rotatable bonds is 7. The molecule has 17 heavy (non-hydrogen) atoms. The highest BCUT2D eigenvalue weighted by atomic mass is 16.5. The van der Waals surface area contributed by atoms with E-state index in [1.165, 1.54) is 0 Å². The van der Waals surface area contributed by atoms with Crippen LogP contribution in [0.4, 0.5) is 0 Å². The molecule has 1 unspecified atom stereocenters. The van der Waals surface area contributed by atoms with E-state index in [1.807, 2.05) is 44.2 Å². The maximum Gasteiger partial charge on any atom is 0.321 e. The number of hydrogen-bond donors (Lipinski definition) is 2. The van der Waals surface area contributed by atoms with Crippen molar-refractivity contribution in [3.63, 3.8) is 0 Å². The van der Waals surface area contributed by atoms with Gasteiger partial charge in [-0.1, -0.05) is 44.2 Å². The summed E-state index contributed by atoms with van der Waals surface area (Å²) >= 11 is 0. The molecular formula is C13H19NO3. The molecule has 2 N–H and O–H groups in total. The Balaban J connectivity index is 2.26. The van der Waals surface area contributed by atoms with Crippen LogP contribution in [0.5, 0.6) is 0 Å².